The van der Waals surface area contributed by atoms with Gasteiger partial charge in [0.25, 0.3) is 0 Å². The molecule has 0 radical (unpaired) electrons. The minimum absolute atomic E-state index is 0.131. The van der Waals surface area contributed by atoms with E-state index in [9.17, 15) is 8.42 Å². The highest BCUT2D eigenvalue weighted by atomic mass is 32.2. The van der Waals surface area contributed by atoms with Gasteiger partial charge in [0.15, 0.2) is 0 Å². The van der Waals surface area contributed by atoms with Crippen molar-refractivity contribution in [1.29, 1.82) is 0 Å². The summed E-state index contributed by atoms with van der Waals surface area (Å²) in [5.74, 6) is 0.145. The van der Waals surface area contributed by atoms with E-state index >= 15 is 0 Å². The molecule has 0 bridgehead atoms. The third kappa shape index (κ3) is 10.1. The highest BCUT2D eigenvalue weighted by Crippen LogP contribution is 1.93. The van der Waals surface area contributed by atoms with Crippen LogP contribution in [0.15, 0.2) is 0 Å². The van der Waals surface area contributed by atoms with Crippen LogP contribution in [-0.2, 0) is 14.8 Å². The number of hydrogen-bond acceptors (Lipinski definition) is 4. The standard InChI is InChI=1S/C9H22N2O3S/c1-9(2)14-7-6-11-15(12,13)8-4-3-5-10/h9,11H,3-8,10H2,1-2H3. The van der Waals surface area contributed by atoms with Crippen LogP contribution in [0.1, 0.15) is 26.7 Å². The summed E-state index contributed by atoms with van der Waals surface area (Å²) in [6, 6.07) is 0. The number of rotatable bonds is 9. The van der Waals surface area contributed by atoms with Crippen molar-refractivity contribution in [3.63, 3.8) is 0 Å². The molecule has 0 spiro atoms. The van der Waals surface area contributed by atoms with E-state index in [2.05, 4.69) is 4.72 Å². The van der Waals surface area contributed by atoms with Crippen LogP contribution in [-0.4, -0.2) is 40.0 Å². The third-order valence-corrected chi connectivity index (χ3v) is 3.21. The lowest BCUT2D eigenvalue weighted by Crippen LogP contribution is -2.30. The monoisotopic (exact) mass is 238 g/mol. The minimum atomic E-state index is -3.14. The van der Waals surface area contributed by atoms with Gasteiger partial charge in [-0.2, -0.15) is 0 Å². The van der Waals surface area contributed by atoms with E-state index in [1.54, 1.807) is 0 Å². The number of nitrogens with two attached hydrogens (primary N) is 1. The molecule has 0 rings (SSSR count). The van der Waals surface area contributed by atoms with Crippen molar-refractivity contribution < 1.29 is 13.2 Å². The van der Waals surface area contributed by atoms with Gasteiger partial charge in [-0.15, -0.1) is 0 Å². The van der Waals surface area contributed by atoms with Gasteiger partial charge in [-0.05, 0) is 33.2 Å². The lowest BCUT2D eigenvalue weighted by atomic mass is 10.3. The summed E-state index contributed by atoms with van der Waals surface area (Å²) >= 11 is 0. The van der Waals surface area contributed by atoms with E-state index < -0.39 is 10.0 Å². The predicted molar refractivity (Wildman–Crippen MR) is 61.2 cm³/mol. The topological polar surface area (TPSA) is 81.4 Å². The van der Waals surface area contributed by atoms with Crippen molar-refractivity contribution in [2.45, 2.75) is 32.8 Å². The summed E-state index contributed by atoms with van der Waals surface area (Å²) in [4.78, 5) is 0. The molecular formula is C9H22N2O3S. The highest BCUT2D eigenvalue weighted by molar-refractivity contribution is 7.89. The fraction of sp³-hybridized carbons (Fsp3) is 1.00. The maximum atomic E-state index is 11.3. The van der Waals surface area contributed by atoms with Gasteiger partial charge < -0.3 is 10.5 Å². The second-order valence-corrected chi connectivity index (χ2v) is 5.55. The zero-order valence-corrected chi connectivity index (χ0v) is 10.3. The quantitative estimate of drug-likeness (QED) is 0.557. The van der Waals surface area contributed by atoms with Crippen molar-refractivity contribution in [3.8, 4) is 0 Å². The molecule has 5 nitrogen and oxygen atoms in total. The first-order valence-electron chi connectivity index (χ1n) is 5.27. The third-order valence-electron chi connectivity index (χ3n) is 1.74. The van der Waals surface area contributed by atoms with Crippen LogP contribution in [0.5, 0.6) is 0 Å². The first-order chi connectivity index (χ1) is 6.98. The van der Waals surface area contributed by atoms with Crippen LogP contribution in [0.2, 0.25) is 0 Å². The summed E-state index contributed by atoms with van der Waals surface area (Å²) in [7, 11) is -3.14. The zero-order chi connectivity index (χ0) is 11.7. The second kappa shape index (κ2) is 8.04. The Morgan fingerprint density at radius 1 is 1.33 bits per heavy atom. The number of ether oxygens (including phenoxy) is 1. The Labute approximate surface area is 92.4 Å². The lowest BCUT2D eigenvalue weighted by molar-refractivity contribution is 0.0834. The van der Waals surface area contributed by atoms with Gasteiger partial charge in [-0.25, -0.2) is 13.1 Å². The molecule has 0 saturated carbocycles. The highest BCUT2D eigenvalue weighted by Gasteiger charge is 2.08. The molecule has 92 valence electrons. The van der Waals surface area contributed by atoms with Gasteiger partial charge in [0, 0.05) is 6.54 Å². The summed E-state index contributed by atoms with van der Waals surface area (Å²) in [6.07, 6.45) is 1.48. The Morgan fingerprint density at radius 3 is 2.53 bits per heavy atom. The molecule has 0 atom stereocenters. The van der Waals surface area contributed by atoms with Crippen LogP contribution in [0.4, 0.5) is 0 Å². The minimum Gasteiger partial charge on any atom is -0.377 e. The molecule has 0 aromatic carbocycles. The van der Waals surface area contributed by atoms with Crippen molar-refractivity contribution in [3.05, 3.63) is 0 Å². The molecule has 0 aliphatic heterocycles. The fourth-order valence-corrected chi connectivity index (χ4v) is 2.12. The van der Waals surface area contributed by atoms with Crippen molar-refractivity contribution in [1.82, 2.24) is 4.72 Å². The maximum Gasteiger partial charge on any atom is 0.211 e. The molecule has 3 N–H and O–H groups in total. The summed E-state index contributed by atoms with van der Waals surface area (Å²) in [5.41, 5.74) is 5.28. The van der Waals surface area contributed by atoms with E-state index in [-0.39, 0.29) is 11.9 Å². The molecular weight excluding hydrogens is 216 g/mol. The van der Waals surface area contributed by atoms with Gasteiger partial charge in [-0.1, -0.05) is 0 Å². The maximum absolute atomic E-state index is 11.3. The van der Waals surface area contributed by atoms with Crippen LogP contribution in [0.25, 0.3) is 0 Å². The van der Waals surface area contributed by atoms with Crippen LogP contribution in [0, 0.1) is 0 Å². The van der Waals surface area contributed by atoms with E-state index in [4.69, 9.17) is 10.5 Å². The fourth-order valence-electron chi connectivity index (χ4n) is 1.00. The lowest BCUT2D eigenvalue weighted by Gasteiger charge is -2.09. The van der Waals surface area contributed by atoms with E-state index in [0.717, 1.165) is 6.42 Å². The average molecular weight is 238 g/mol. The molecule has 0 amide bonds. The molecule has 0 unspecified atom stereocenters. The van der Waals surface area contributed by atoms with Crippen LogP contribution < -0.4 is 10.5 Å². The number of sulfonamides is 1. The molecule has 15 heavy (non-hydrogen) atoms. The number of hydrogen-bond donors (Lipinski definition) is 2. The number of unbranched alkanes of at least 4 members (excludes halogenated alkanes) is 1. The molecule has 0 heterocycles. The smallest absolute Gasteiger partial charge is 0.211 e. The normalized spacial score (nSPS) is 12.3. The molecule has 0 saturated heterocycles. The van der Waals surface area contributed by atoms with Crippen molar-refractivity contribution in [2.24, 2.45) is 5.73 Å². The Morgan fingerprint density at radius 2 is 2.00 bits per heavy atom. The molecule has 6 heteroatoms. The van der Waals surface area contributed by atoms with Gasteiger partial charge in [0.1, 0.15) is 0 Å². The van der Waals surface area contributed by atoms with Gasteiger partial charge >= 0.3 is 0 Å². The number of nitrogens with one attached hydrogen (secondary N) is 1. The SMILES string of the molecule is CC(C)OCCNS(=O)(=O)CCCCN. The largest absolute Gasteiger partial charge is 0.377 e. The Kier molecular flexibility index (Phi) is 7.95. The van der Waals surface area contributed by atoms with Gasteiger partial charge in [-0.3, -0.25) is 0 Å². The Balaban J connectivity index is 3.56. The van der Waals surface area contributed by atoms with Crippen molar-refractivity contribution >= 4 is 10.0 Å². The predicted octanol–water partition coefficient (Wildman–Crippen LogP) is 0.0697. The molecule has 0 aromatic rings. The first kappa shape index (κ1) is 14.8. The van der Waals surface area contributed by atoms with E-state index in [0.29, 0.717) is 26.1 Å². The zero-order valence-electron chi connectivity index (χ0n) is 9.53. The van der Waals surface area contributed by atoms with Crippen LogP contribution >= 0.6 is 0 Å². The van der Waals surface area contributed by atoms with Gasteiger partial charge in [0.05, 0.1) is 18.5 Å². The van der Waals surface area contributed by atoms with Crippen molar-refractivity contribution in [2.75, 3.05) is 25.4 Å². The summed E-state index contributed by atoms with van der Waals surface area (Å²) in [5, 5.41) is 0. The first-order valence-corrected chi connectivity index (χ1v) is 6.92. The van der Waals surface area contributed by atoms with E-state index in [1.807, 2.05) is 13.8 Å². The molecule has 0 aliphatic rings. The summed E-state index contributed by atoms with van der Waals surface area (Å²) < 4.78 is 30.4. The van der Waals surface area contributed by atoms with Gasteiger partial charge in [0.2, 0.25) is 10.0 Å². The Bertz CT molecular complexity index is 240. The molecule has 0 aromatic heterocycles. The average Bonchev–Trinajstić information content (AvgIpc) is 2.13. The summed E-state index contributed by atoms with van der Waals surface area (Å²) in [6.45, 7) is 5.11. The van der Waals surface area contributed by atoms with E-state index in [1.165, 1.54) is 0 Å². The van der Waals surface area contributed by atoms with Crippen LogP contribution in [0.3, 0.4) is 0 Å². The molecule has 0 aliphatic carbocycles. The molecule has 0 fully saturated rings. The second-order valence-electron chi connectivity index (χ2n) is 3.63. The Hall–Kier alpha value is -0.170.